The second-order valence-corrected chi connectivity index (χ2v) is 3.93. The lowest BCUT2D eigenvalue weighted by atomic mass is 10.3. The van der Waals surface area contributed by atoms with Crippen molar-refractivity contribution in [3.8, 4) is 5.88 Å². The molecule has 0 atom stereocenters. The van der Waals surface area contributed by atoms with Gasteiger partial charge in [0.2, 0.25) is 5.82 Å². The highest BCUT2D eigenvalue weighted by atomic mass is 16.6. The summed E-state index contributed by atoms with van der Waals surface area (Å²) in [5.74, 6) is -1.39. The predicted molar refractivity (Wildman–Crippen MR) is 65.4 cm³/mol. The van der Waals surface area contributed by atoms with Gasteiger partial charge < -0.3 is 14.7 Å². The number of ether oxygens (including phenoxy) is 1. The summed E-state index contributed by atoms with van der Waals surface area (Å²) in [6.45, 7) is 3.02. The molecule has 0 bridgehead atoms. The highest BCUT2D eigenvalue weighted by molar-refractivity contribution is 5.75. The van der Waals surface area contributed by atoms with Gasteiger partial charge in [0, 0.05) is 6.04 Å². The molecule has 0 radical (unpaired) electrons. The summed E-state index contributed by atoms with van der Waals surface area (Å²) in [7, 11) is 1.25. The van der Waals surface area contributed by atoms with Gasteiger partial charge in [0.25, 0.3) is 5.88 Å². The molecule has 0 spiro atoms. The number of hydrogen-bond donors (Lipinski definition) is 1. The quantitative estimate of drug-likeness (QED) is 0.592. The third kappa shape index (κ3) is 3.27. The highest BCUT2D eigenvalue weighted by Crippen LogP contribution is 2.33. The number of carbonyl (C=O) groups is 1. The van der Waals surface area contributed by atoms with E-state index in [1.807, 2.05) is 0 Å². The van der Waals surface area contributed by atoms with Crippen molar-refractivity contribution in [2.24, 2.45) is 0 Å². The van der Waals surface area contributed by atoms with Crippen molar-refractivity contribution in [2.45, 2.75) is 19.9 Å². The van der Waals surface area contributed by atoms with E-state index in [1.54, 1.807) is 13.8 Å². The number of nitrogens with zero attached hydrogens (tertiary/aromatic N) is 4. The molecule has 0 unspecified atom stereocenters. The van der Waals surface area contributed by atoms with Crippen molar-refractivity contribution in [2.75, 3.05) is 18.6 Å². The summed E-state index contributed by atoms with van der Waals surface area (Å²) in [4.78, 5) is 30.0. The normalized spacial score (nSPS) is 10.3. The van der Waals surface area contributed by atoms with Crippen LogP contribution in [-0.4, -0.2) is 45.7 Å². The lowest BCUT2D eigenvalue weighted by Crippen LogP contribution is -2.36. The van der Waals surface area contributed by atoms with Crippen LogP contribution in [0.25, 0.3) is 0 Å². The zero-order chi connectivity index (χ0) is 14.6. The Kier molecular flexibility index (Phi) is 4.56. The van der Waals surface area contributed by atoms with Crippen LogP contribution in [0.3, 0.4) is 0 Å². The molecular formula is C10H14N4O5. The Morgan fingerprint density at radius 1 is 1.58 bits per heavy atom. The molecule has 19 heavy (non-hydrogen) atoms. The van der Waals surface area contributed by atoms with Crippen LogP contribution in [0.4, 0.5) is 11.5 Å². The minimum atomic E-state index is -1.11. The second kappa shape index (κ2) is 5.94. The van der Waals surface area contributed by atoms with Crippen LogP contribution < -0.4 is 9.64 Å². The van der Waals surface area contributed by atoms with Gasteiger partial charge in [-0.3, -0.25) is 14.9 Å². The van der Waals surface area contributed by atoms with Crippen LogP contribution in [0.15, 0.2) is 6.33 Å². The van der Waals surface area contributed by atoms with Crippen LogP contribution in [0.1, 0.15) is 13.8 Å². The second-order valence-electron chi connectivity index (χ2n) is 3.93. The van der Waals surface area contributed by atoms with Crippen molar-refractivity contribution in [1.82, 2.24) is 9.97 Å². The summed E-state index contributed by atoms with van der Waals surface area (Å²) in [6, 6.07) is -0.283. The topological polar surface area (TPSA) is 119 Å². The maximum Gasteiger partial charge on any atom is 0.372 e. The van der Waals surface area contributed by atoms with E-state index in [4.69, 9.17) is 9.84 Å². The van der Waals surface area contributed by atoms with E-state index >= 15 is 0 Å². The number of anilines is 1. The Hall–Kier alpha value is -2.45. The van der Waals surface area contributed by atoms with E-state index in [2.05, 4.69) is 9.97 Å². The summed E-state index contributed by atoms with van der Waals surface area (Å²) in [6.07, 6.45) is 1.10. The van der Waals surface area contributed by atoms with Gasteiger partial charge >= 0.3 is 11.7 Å². The first kappa shape index (κ1) is 14.6. The maximum absolute atomic E-state index is 11.1. The van der Waals surface area contributed by atoms with E-state index in [9.17, 15) is 14.9 Å². The van der Waals surface area contributed by atoms with Crippen molar-refractivity contribution < 1.29 is 19.6 Å². The van der Waals surface area contributed by atoms with E-state index < -0.39 is 23.1 Å². The Labute approximate surface area is 109 Å². The predicted octanol–water partition coefficient (Wildman–Crippen LogP) is 0.693. The largest absolute Gasteiger partial charge is 0.480 e. The number of carboxylic acids is 1. The van der Waals surface area contributed by atoms with Gasteiger partial charge in [-0.2, -0.15) is 4.98 Å². The van der Waals surface area contributed by atoms with Crippen LogP contribution in [0.2, 0.25) is 0 Å². The van der Waals surface area contributed by atoms with Gasteiger partial charge in [0.05, 0.1) is 12.0 Å². The Morgan fingerprint density at radius 2 is 2.21 bits per heavy atom. The van der Waals surface area contributed by atoms with Crippen LogP contribution >= 0.6 is 0 Å². The standard InChI is InChI=1S/C10H14N4O5/c1-6(2)13(4-7(15)16)9-8(14(17)18)10(19-3)12-5-11-9/h5-6H,4H2,1-3H3,(H,15,16). The molecule has 9 nitrogen and oxygen atoms in total. The molecule has 0 fully saturated rings. The SMILES string of the molecule is COc1ncnc(N(CC(=O)O)C(C)C)c1[N+](=O)[O-]. The molecule has 0 aromatic carbocycles. The highest BCUT2D eigenvalue weighted by Gasteiger charge is 2.30. The summed E-state index contributed by atoms with van der Waals surface area (Å²) < 4.78 is 4.82. The van der Waals surface area contributed by atoms with Gasteiger partial charge in [-0.25, -0.2) is 4.98 Å². The van der Waals surface area contributed by atoms with Crippen molar-refractivity contribution >= 4 is 17.5 Å². The lowest BCUT2D eigenvalue weighted by molar-refractivity contribution is -0.385. The number of carboxylic acid groups (broad SMARTS) is 1. The smallest absolute Gasteiger partial charge is 0.372 e. The number of rotatable bonds is 6. The molecule has 0 aliphatic heterocycles. The minimum Gasteiger partial charge on any atom is -0.480 e. The van der Waals surface area contributed by atoms with Gasteiger partial charge in [0.15, 0.2) is 0 Å². The first-order chi connectivity index (χ1) is 8.88. The van der Waals surface area contributed by atoms with Crippen molar-refractivity contribution in [3.63, 3.8) is 0 Å². The van der Waals surface area contributed by atoms with Crippen molar-refractivity contribution in [3.05, 3.63) is 16.4 Å². The maximum atomic E-state index is 11.1. The minimum absolute atomic E-state index is 0.0748. The summed E-state index contributed by atoms with van der Waals surface area (Å²) in [5, 5.41) is 19.9. The van der Waals surface area contributed by atoms with E-state index in [1.165, 1.54) is 12.0 Å². The van der Waals surface area contributed by atoms with Gasteiger partial charge in [-0.05, 0) is 13.8 Å². The van der Waals surface area contributed by atoms with Crippen LogP contribution in [-0.2, 0) is 4.79 Å². The first-order valence-electron chi connectivity index (χ1n) is 5.40. The van der Waals surface area contributed by atoms with Gasteiger partial charge in [0.1, 0.15) is 12.9 Å². The Balaban J connectivity index is 3.37. The van der Waals surface area contributed by atoms with Crippen LogP contribution in [0.5, 0.6) is 5.88 Å². The van der Waals surface area contributed by atoms with Crippen LogP contribution in [0, 0.1) is 10.1 Å². The molecule has 9 heteroatoms. The zero-order valence-corrected chi connectivity index (χ0v) is 10.7. The summed E-state index contributed by atoms with van der Waals surface area (Å²) >= 11 is 0. The zero-order valence-electron chi connectivity index (χ0n) is 10.7. The molecule has 0 saturated carbocycles. The third-order valence-corrected chi connectivity index (χ3v) is 2.35. The lowest BCUT2D eigenvalue weighted by Gasteiger charge is -2.25. The molecule has 1 heterocycles. The number of aromatic nitrogens is 2. The molecule has 1 rings (SSSR count). The molecule has 0 aliphatic carbocycles. The first-order valence-corrected chi connectivity index (χ1v) is 5.40. The van der Waals surface area contributed by atoms with E-state index in [0.717, 1.165) is 6.33 Å². The molecule has 104 valence electrons. The average molecular weight is 270 g/mol. The fourth-order valence-electron chi connectivity index (χ4n) is 1.52. The molecule has 1 aromatic heterocycles. The molecule has 0 saturated heterocycles. The van der Waals surface area contributed by atoms with E-state index in [0.29, 0.717) is 0 Å². The molecule has 1 N–H and O–H groups in total. The monoisotopic (exact) mass is 270 g/mol. The number of aliphatic carboxylic acids is 1. The number of nitro groups is 1. The fourth-order valence-corrected chi connectivity index (χ4v) is 1.52. The molecular weight excluding hydrogens is 256 g/mol. The number of methoxy groups -OCH3 is 1. The van der Waals surface area contributed by atoms with Gasteiger partial charge in [-0.15, -0.1) is 0 Å². The fraction of sp³-hybridized carbons (Fsp3) is 0.500. The Morgan fingerprint density at radius 3 is 2.63 bits per heavy atom. The summed E-state index contributed by atoms with van der Waals surface area (Å²) in [5.41, 5.74) is -0.444. The third-order valence-electron chi connectivity index (χ3n) is 2.35. The number of hydrogen-bond acceptors (Lipinski definition) is 7. The molecule has 0 aliphatic rings. The van der Waals surface area contributed by atoms with E-state index in [-0.39, 0.29) is 17.7 Å². The van der Waals surface area contributed by atoms with Gasteiger partial charge in [-0.1, -0.05) is 0 Å². The average Bonchev–Trinajstić information content (AvgIpc) is 2.34. The molecule has 0 amide bonds. The Bertz CT molecular complexity index is 491. The van der Waals surface area contributed by atoms with Crippen molar-refractivity contribution in [1.29, 1.82) is 0 Å². The molecule has 1 aromatic rings.